The lowest BCUT2D eigenvalue weighted by Crippen LogP contribution is -2.27. The molecule has 6 heteroatoms. The molecule has 1 heterocycles. The van der Waals surface area contributed by atoms with Gasteiger partial charge in [0.05, 0.1) is 18.5 Å². The lowest BCUT2D eigenvalue weighted by molar-refractivity contribution is 0.415. The summed E-state index contributed by atoms with van der Waals surface area (Å²) in [6.45, 7) is 0.548. The predicted molar refractivity (Wildman–Crippen MR) is 125 cm³/mol. The molecule has 2 N–H and O–H groups in total. The van der Waals surface area contributed by atoms with Gasteiger partial charge in [-0.05, 0) is 36.5 Å². The first-order chi connectivity index (χ1) is 14.7. The number of para-hydroxylation sites is 1. The first-order valence-electron chi connectivity index (χ1n) is 9.61. The third-order valence-electron chi connectivity index (χ3n) is 4.62. The number of hydrogen-bond donors (Lipinski definition) is 2. The van der Waals surface area contributed by atoms with Crippen molar-refractivity contribution in [3.8, 4) is 22.7 Å². The molecule has 3 aromatic carbocycles. The number of aromatic nitrogens is 2. The molecule has 0 radical (unpaired) electrons. The molecule has 1 aromatic heterocycles. The van der Waals surface area contributed by atoms with Gasteiger partial charge in [0.1, 0.15) is 5.75 Å². The van der Waals surface area contributed by atoms with Gasteiger partial charge in [-0.2, -0.15) is 5.10 Å². The van der Waals surface area contributed by atoms with E-state index in [2.05, 4.69) is 22.8 Å². The molecule has 0 saturated heterocycles. The van der Waals surface area contributed by atoms with E-state index in [9.17, 15) is 0 Å². The number of hydrogen-bond acceptors (Lipinski definition) is 3. The van der Waals surface area contributed by atoms with Crippen LogP contribution < -0.4 is 15.4 Å². The third-order valence-corrected chi connectivity index (χ3v) is 4.87. The Morgan fingerprint density at radius 2 is 1.70 bits per heavy atom. The van der Waals surface area contributed by atoms with E-state index in [0.717, 1.165) is 33.9 Å². The number of rotatable bonds is 6. The number of benzene rings is 3. The van der Waals surface area contributed by atoms with Crippen molar-refractivity contribution in [1.82, 2.24) is 15.1 Å². The highest BCUT2D eigenvalue weighted by Crippen LogP contribution is 2.23. The van der Waals surface area contributed by atoms with Gasteiger partial charge in [-0.15, -0.1) is 0 Å². The zero-order chi connectivity index (χ0) is 20.8. The van der Waals surface area contributed by atoms with Crippen LogP contribution in [-0.4, -0.2) is 22.0 Å². The minimum absolute atomic E-state index is 0.537. The van der Waals surface area contributed by atoms with Gasteiger partial charge in [0.25, 0.3) is 0 Å². The van der Waals surface area contributed by atoms with Crippen LogP contribution in [0.1, 0.15) is 5.56 Å². The number of ether oxygens (including phenoxy) is 1. The molecule has 150 valence electrons. The molecule has 0 spiro atoms. The van der Waals surface area contributed by atoms with Crippen molar-refractivity contribution in [2.45, 2.75) is 6.54 Å². The second-order valence-corrected chi connectivity index (χ2v) is 7.10. The Hall–Kier alpha value is -3.64. The average molecular weight is 415 g/mol. The van der Waals surface area contributed by atoms with E-state index >= 15 is 0 Å². The topological polar surface area (TPSA) is 51.1 Å². The highest BCUT2D eigenvalue weighted by atomic mass is 32.1. The Bertz CT molecular complexity index is 1130. The second kappa shape index (κ2) is 9.24. The van der Waals surface area contributed by atoms with Crippen LogP contribution in [0, 0.1) is 0 Å². The van der Waals surface area contributed by atoms with Crippen molar-refractivity contribution in [1.29, 1.82) is 0 Å². The second-order valence-electron chi connectivity index (χ2n) is 6.69. The minimum Gasteiger partial charge on any atom is -0.497 e. The average Bonchev–Trinajstić information content (AvgIpc) is 3.23. The summed E-state index contributed by atoms with van der Waals surface area (Å²) < 4.78 is 7.16. The maximum absolute atomic E-state index is 5.48. The van der Waals surface area contributed by atoms with E-state index in [1.807, 2.05) is 83.7 Å². The normalized spacial score (nSPS) is 10.4. The van der Waals surface area contributed by atoms with E-state index < -0.39 is 0 Å². The number of methoxy groups -OCH3 is 1. The maximum Gasteiger partial charge on any atom is 0.171 e. The molecular weight excluding hydrogens is 392 g/mol. The summed E-state index contributed by atoms with van der Waals surface area (Å²) in [5.41, 5.74) is 4.93. The molecule has 0 aliphatic heterocycles. The van der Waals surface area contributed by atoms with Crippen molar-refractivity contribution in [2.75, 3.05) is 12.4 Å². The molecule has 4 rings (SSSR count). The van der Waals surface area contributed by atoms with E-state index in [-0.39, 0.29) is 0 Å². The van der Waals surface area contributed by atoms with Gasteiger partial charge in [-0.1, -0.05) is 54.6 Å². The Kier molecular flexibility index (Phi) is 6.06. The summed E-state index contributed by atoms with van der Waals surface area (Å²) >= 11 is 5.48. The molecule has 0 aliphatic rings. The molecule has 0 aliphatic carbocycles. The SMILES string of the molecule is COc1cccc(NC(=S)NCc2cn(-c3ccccc3)nc2-c2ccccc2)c1. The Morgan fingerprint density at radius 3 is 2.43 bits per heavy atom. The van der Waals surface area contributed by atoms with Gasteiger partial charge in [-0.3, -0.25) is 0 Å². The summed E-state index contributed by atoms with van der Waals surface area (Å²) in [4.78, 5) is 0. The van der Waals surface area contributed by atoms with Crippen molar-refractivity contribution in [3.63, 3.8) is 0 Å². The van der Waals surface area contributed by atoms with Gasteiger partial charge >= 0.3 is 0 Å². The smallest absolute Gasteiger partial charge is 0.171 e. The van der Waals surface area contributed by atoms with Crippen LogP contribution in [0.3, 0.4) is 0 Å². The minimum atomic E-state index is 0.537. The molecular formula is C24H22N4OS. The fourth-order valence-corrected chi connectivity index (χ4v) is 3.33. The van der Waals surface area contributed by atoms with E-state index in [1.165, 1.54) is 0 Å². The summed E-state index contributed by atoms with van der Waals surface area (Å²) in [7, 11) is 1.64. The summed E-state index contributed by atoms with van der Waals surface area (Å²) in [6, 6.07) is 27.9. The molecule has 30 heavy (non-hydrogen) atoms. The monoisotopic (exact) mass is 414 g/mol. The molecule has 5 nitrogen and oxygen atoms in total. The summed E-state index contributed by atoms with van der Waals surface area (Å²) in [5.74, 6) is 0.776. The van der Waals surface area contributed by atoms with E-state index in [4.69, 9.17) is 22.1 Å². The Morgan fingerprint density at radius 1 is 0.967 bits per heavy atom. The summed E-state index contributed by atoms with van der Waals surface area (Å²) in [6.07, 6.45) is 2.04. The van der Waals surface area contributed by atoms with Crippen molar-refractivity contribution < 1.29 is 4.74 Å². The van der Waals surface area contributed by atoms with Gasteiger partial charge in [-0.25, -0.2) is 4.68 Å². The van der Waals surface area contributed by atoms with Gasteiger partial charge in [0.15, 0.2) is 5.11 Å². The van der Waals surface area contributed by atoms with Gasteiger partial charge in [0.2, 0.25) is 0 Å². The van der Waals surface area contributed by atoms with E-state index in [1.54, 1.807) is 7.11 Å². The molecule has 0 fully saturated rings. The fraction of sp³-hybridized carbons (Fsp3) is 0.0833. The highest BCUT2D eigenvalue weighted by Gasteiger charge is 2.12. The van der Waals surface area contributed by atoms with Gasteiger partial charge < -0.3 is 15.4 Å². The first kappa shape index (κ1) is 19.7. The standard InChI is InChI=1S/C24H22N4OS/c1-29-22-14-8-11-20(15-22)26-24(30)25-16-19-17-28(21-12-6-3-7-13-21)27-23(19)18-9-4-2-5-10-18/h2-15,17H,16H2,1H3,(H2,25,26,30). The number of thiocarbonyl (C=S) groups is 1. The highest BCUT2D eigenvalue weighted by molar-refractivity contribution is 7.80. The van der Waals surface area contributed by atoms with Crippen molar-refractivity contribution in [3.05, 3.63) is 96.7 Å². The number of anilines is 1. The first-order valence-corrected chi connectivity index (χ1v) is 10.0. The van der Waals surface area contributed by atoms with E-state index in [0.29, 0.717) is 11.7 Å². The Labute approximate surface area is 181 Å². The molecule has 0 unspecified atom stereocenters. The predicted octanol–water partition coefficient (Wildman–Crippen LogP) is 5.03. The molecule has 0 amide bonds. The molecule has 0 atom stereocenters. The lowest BCUT2D eigenvalue weighted by atomic mass is 10.1. The van der Waals surface area contributed by atoms with Crippen LogP contribution in [0.2, 0.25) is 0 Å². The zero-order valence-electron chi connectivity index (χ0n) is 16.6. The fourth-order valence-electron chi connectivity index (χ4n) is 3.14. The van der Waals surface area contributed by atoms with Crippen molar-refractivity contribution >= 4 is 23.0 Å². The quantitative estimate of drug-likeness (QED) is 0.433. The van der Waals surface area contributed by atoms with Crippen LogP contribution in [0.5, 0.6) is 5.75 Å². The third kappa shape index (κ3) is 4.67. The molecule has 0 bridgehead atoms. The van der Waals surface area contributed by atoms with Gasteiger partial charge in [0, 0.05) is 35.6 Å². The van der Waals surface area contributed by atoms with Crippen LogP contribution in [-0.2, 0) is 6.54 Å². The number of nitrogens with zero attached hydrogens (tertiary/aromatic N) is 2. The molecule has 0 saturated carbocycles. The van der Waals surface area contributed by atoms with Crippen LogP contribution in [0.4, 0.5) is 5.69 Å². The largest absolute Gasteiger partial charge is 0.497 e. The Balaban J connectivity index is 1.54. The summed E-state index contributed by atoms with van der Waals surface area (Å²) in [5, 5.41) is 11.9. The maximum atomic E-state index is 5.48. The van der Waals surface area contributed by atoms with Crippen LogP contribution in [0.15, 0.2) is 91.1 Å². The molecule has 4 aromatic rings. The lowest BCUT2D eigenvalue weighted by Gasteiger charge is -2.11. The number of nitrogens with one attached hydrogen (secondary N) is 2. The van der Waals surface area contributed by atoms with Crippen LogP contribution in [0.25, 0.3) is 16.9 Å². The van der Waals surface area contributed by atoms with Crippen molar-refractivity contribution in [2.24, 2.45) is 0 Å². The van der Waals surface area contributed by atoms with Crippen LogP contribution >= 0.6 is 12.2 Å². The zero-order valence-corrected chi connectivity index (χ0v) is 17.4.